The summed E-state index contributed by atoms with van der Waals surface area (Å²) in [7, 11) is 0. The van der Waals surface area contributed by atoms with Crippen molar-refractivity contribution in [2.75, 3.05) is 0 Å². The van der Waals surface area contributed by atoms with Gasteiger partial charge in [0.1, 0.15) is 5.82 Å². The Morgan fingerprint density at radius 3 is 2.46 bits per heavy atom. The Hall–Kier alpha value is -0.370. The molecule has 0 nitrogen and oxygen atoms in total. The summed E-state index contributed by atoms with van der Waals surface area (Å²) in [6.07, 6.45) is 0.936. The Labute approximate surface area is 87.3 Å². The molecular formula is C11H14BrF. The average Bonchev–Trinajstić information content (AvgIpc) is 2.03. The third-order valence-electron chi connectivity index (χ3n) is 2.54. The van der Waals surface area contributed by atoms with Crippen LogP contribution in [0.15, 0.2) is 22.7 Å². The molecule has 0 unspecified atom stereocenters. The highest BCUT2D eigenvalue weighted by molar-refractivity contribution is 9.10. The minimum absolute atomic E-state index is 0.0786. The quantitative estimate of drug-likeness (QED) is 0.729. The van der Waals surface area contributed by atoms with E-state index in [1.54, 1.807) is 0 Å². The lowest BCUT2D eigenvalue weighted by Crippen LogP contribution is -2.17. The first kappa shape index (κ1) is 10.7. The van der Waals surface area contributed by atoms with Crippen LogP contribution in [0.3, 0.4) is 0 Å². The van der Waals surface area contributed by atoms with Crippen molar-refractivity contribution < 1.29 is 4.39 Å². The molecule has 0 radical (unpaired) electrons. The molecule has 0 atom stereocenters. The van der Waals surface area contributed by atoms with Gasteiger partial charge in [0.2, 0.25) is 0 Å². The van der Waals surface area contributed by atoms with Gasteiger partial charge >= 0.3 is 0 Å². The van der Waals surface area contributed by atoms with Gasteiger partial charge in [-0.25, -0.2) is 4.39 Å². The van der Waals surface area contributed by atoms with Crippen molar-refractivity contribution in [1.82, 2.24) is 0 Å². The van der Waals surface area contributed by atoms with E-state index >= 15 is 0 Å². The predicted octanol–water partition coefficient (Wildman–Crippen LogP) is 4.28. The molecule has 1 aromatic carbocycles. The second kappa shape index (κ2) is 3.79. The molecule has 0 N–H and O–H groups in total. The first-order valence-corrected chi connectivity index (χ1v) is 5.22. The highest BCUT2D eigenvalue weighted by Crippen LogP contribution is 2.30. The van der Waals surface area contributed by atoms with E-state index in [1.165, 1.54) is 6.07 Å². The fourth-order valence-corrected chi connectivity index (χ4v) is 1.56. The molecule has 0 aliphatic carbocycles. The van der Waals surface area contributed by atoms with Crippen LogP contribution in [0.4, 0.5) is 4.39 Å². The van der Waals surface area contributed by atoms with Crippen LogP contribution in [0.25, 0.3) is 0 Å². The summed E-state index contributed by atoms with van der Waals surface area (Å²) in [5, 5.41) is 0. The van der Waals surface area contributed by atoms with E-state index in [4.69, 9.17) is 0 Å². The summed E-state index contributed by atoms with van der Waals surface area (Å²) < 4.78 is 14.3. The maximum absolute atomic E-state index is 13.5. The van der Waals surface area contributed by atoms with Gasteiger partial charge in [-0.1, -0.05) is 42.8 Å². The van der Waals surface area contributed by atoms with Gasteiger partial charge in [0.15, 0.2) is 0 Å². The maximum Gasteiger partial charge on any atom is 0.128 e. The molecule has 72 valence electrons. The fourth-order valence-electron chi connectivity index (χ4n) is 1.23. The Morgan fingerprint density at radius 2 is 2.00 bits per heavy atom. The largest absolute Gasteiger partial charge is 0.207 e. The van der Waals surface area contributed by atoms with Crippen LogP contribution in [0.1, 0.15) is 32.8 Å². The van der Waals surface area contributed by atoms with Crippen LogP contribution in [-0.4, -0.2) is 0 Å². The van der Waals surface area contributed by atoms with E-state index in [0.717, 1.165) is 16.5 Å². The molecule has 1 rings (SSSR count). The smallest absolute Gasteiger partial charge is 0.128 e. The average molecular weight is 245 g/mol. The topological polar surface area (TPSA) is 0 Å². The van der Waals surface area contributed by atoms with Gasteiger partial charge in [0.05, 0.1) is 0 Å². The van der Waals surface area contributed by atoms with Gasteiger partial charge in [-0.2, -0.15) is 0 Å². The van der Waals surface area contributed by atoms with E-state index in [1.807, 2.05) is 12.1 Å². The zero-order valence-electron chi connectivity index (χ0n) is 8.20. The summed E-state index contributed by atoms with van der Waals surface area (Å²) in [5.74, 6) is -0.124. The number of hydrogen-bond acceptors (Lipinski definition) is 0. The Morgan fingerprint density at radius 1 is 1.38 bits per heavy atom. The van der Waals surface area contributed by atoms with Crippen molar-refractivity contribution in [2.24, 2.45) is 0 Å². The molecule has 0 amide bonds. The summed E-state index contributed by atoms with van der Waals surface area (Å²) >= 11 is 3.24. The van der Waals surface area contributed by atoms with Gasteiger partial charge in [-0.3, -0.25) is 0 Å². The molecule has 0 heterocycles. The molecule has 0 aliphatic heterocycles. The van der Waals surface area contributed by atoms with Crippen molar-refractivity contribution in [2.45, 2.75) is 32.6 Å². The second-order valence-corrected chi connectivity index (χ2v) is 4.78. The molecule has 1 aromatic rings. The molecule has 0 saturated carbocycles. The lowest BCUT2D eigenvalue weighted by atomic mass is 9.82. The summed E-state index contributed by atoms with van der Waals surface area (Å²) in [6.45, 7) is 6.18. The van der Waals surface area contributed by atoms with E-state index in [9.17, 15) is 4.39 Å². The standard InChI is InChI=1S/C11H14BrF/c1-4-11(2,3)9-6-5-8(12)7-10(9)13/h5-7H,4H2,1-3H3. The van der Waals surface area contributed by atoms with Crippen LogP contribution in [0.5, 0.6) is 0 Å². The van der Waals surface area contributed by atoms with Crippen LogP contribution < -0.4 is 0 Å². The molecule has 0 fully saturated rings. The van der Waals surface area contributed by atoms with Crippen LogP contribution in [0, 0.1) is 5.82 Å². The highest BCUT2D eigenvalue weighted by atomic mass is 79.9. The van der Waals surface area contributed by atoms with Gasteiger partial charge in [0, 0.05) is 4.47 Å². The zero-order chi connectivity index (χ0) is 10.1. The minimum Gasteiger partial charge on any atom is -0.207 e. The fraction of sp³-hybridized carbons (Fsp3) is 0.455. The normalized spacial score (nSPS) is 11.8. The molecule has 0 bridgehead atoms. The number of benzene rings is 1. The van der Waals surface area contributed by atoms with E-state index in [0.29, 0.717) is 0 Å². The summed E-state index contributed by atoms with van der Waals surface area (Å²) in [4.78, 5) is 0. The van der Waals surface area contributed by atoms with E-state index in [-0.39, 0.29) is 11.2 Å². The van der Waals surface area contributed by atoms with Gasteiger partial charge in [-0.05, 0) is 29.5 Å². The molecule has 2 heteroatoms. The van der Waals surface area contributed by atoms with Crippen LogP contribution >= 0.6 is 15.9 Å². The van der Waals surface area contributed by atoms with Crippen molar-refractivity contribution in [3.63, 3.8) is 0 Å². The van der Waals surface area contributed by atoms with Gasteiger partial charge in [0.25, 0.3) is 0 Å². The first-order chi connectivity index (χ1) is 5.97. The molecule has 0 aliphatic rings. The third-order valence-corrected chi connectivity index (χ3v) is 3.04. The first-order valence-electron chi connectivity index (χ1n) is 4.43. The van der Waals surface area contributed by atoms with E-state index in [2.05, 4.69) is 36.7 Å². The molecule has 0 saturated heterocycles. The van der Waals surface area contributed by atoms with Crippen LogP contribution in [0.2, 0.25) is 0 Å². The van der Waals surface area contributed by atoms with E-state index < -0.39 is 0 Å². The molecule has 13 heavy (non-hydrogen) atoms. The molecule has 0 spiro atoms. The Kier molecular flexibility index (Phi) is 3.12. The Balaban J connectivity index is 3.16. The number of hydrogen-bond donors (Lipinski definition) is 0. The highest BCUT2D eigenvalue weighted by Gasteiger charge is 2.21. The van der Waals surface area contributed by atoms with Crippen molar-refractivity contribution in [1.29, 1.82) is 0 Å². The lowest BCUT2D eigenvalue weighted by molar-refractivity contribution is 0.469. The Bertz CT molecular complexity index is 305. The molecule has 0 aromatic heterocycles. The number of halogens is 2. The zero-order valence-corrected chi connectivity index (χ0v) is 9.78. The number of rotatable bonds is 2. The summed E-state index contributed by atoms with van der Waals surface area (Å²) in [6, 6.07) is 5.26. The van der Waals surface area contributed by atoms with Crippen LogP contribution in [-0.2, 0) is 5.41 Å². The van der Waals surface area contributed by atoms with Gasteiger partial charge in [-0.15, -0.1) is 0 Å². The predicted molar refractivity (Wildman–Crippen MR) is 57.4 cm³/mol. The van der Waals surface area contributed by atoms with Crippen molar-refractivity contribution in [3.8, 4) is 0 Å². The SMILES string of the molecule is CCC(C)(C)c1ccc(Br)cc1F. The van der Waals surface area contributed by atoms with Crippen molar-refractivity contribution in [3.05, 3.63) is 34.1 Å². The lowest BCUT2D eigenvalue weighted by Gasteiger charge is -2.23. The third kappa shape index (κ3) is 2.31. The van der Waals surface area contributed by atoms with Crippen molar-refractivity contribution >= 4 is 15.9 Å². The molecular weight excluding hydrogens is 231 g/mol. The van der Waals surface area contributed by atoms with Gasteiger partial charge < -0.3 is 0 Å². The monoisotopic (exact) mass is 244 g/mol. The summed E-state index contributed by atoms with van der Waals surface area (Å²) in [5.41, 5.74) is 0.711. The maximum atomic E-state index is 13.5. The minimum atomic E-state index is -0.124. The second-order valence-electron chi connectivity index (χ2n) is 3.86.